The first-order valence-corrected chi connectivity index (χ1v) is 4.21. The Morgan fingerprint density at radius 1 is 1.42 bits per heavy atom. The maximum atomic E-state index is 5.72. The summed E-state index contributed by atoms with van der Waals surface area (Å²) < 4.78 is 0. The van der Waals surface area contributed by atoms with Crippen LogP contribution < -0.4 is 5.73 Å². The van der Waals surface area contributed by atoms with Gasteiger partial charge in [0.25, 0.3) is 0 Å². The highest BCUT2D eigenvalue weighted by atomic mass is 35.5. The molecule has 0 aliphatic carbocycles. The molecule has 0 aliphatic heterocycles. The fourth-order valence-corrected chi connectivity index (χ4v) is 1.28. The first-order chi connectivity index (χ1) is 5.61. The topological polar surface area (TPSA) is 51.8 Å². The van der Waals surface area contributed by atoms with Crippen molar-refractivity contribution in [3.63, 3.8) is 0 Å². The Morgan fingerprint density at radius 2 is 1.92 bits per heavy atom. The van der Waals surface area contributed by atoms with Gasteiger partial charge in [-0.15, -0.1) is 0 Å². The molecule has 0 aliphatic rings. The lowest BCUT2D eigenvalue weighted by atomic mass is 10.2. The molecule has 12 heavy (non-hydrogen) atoms. The normalized spacial score (nSPS) is 9.83. The molecule has 0 unspecified atom stereocenters. The van der Waals surface area contributed by atoms with Crippen LogP contribution in [-0.4, -0.2) is 15.0 Å². The minimum Gasteiger partial charge on any atom is -0.393 e. The van der Waals surface area contributed by atoms with Crippen LogP contribution in [0.25, 0.3) is 0 Å². The monoisotopic (exact) mass is 221 g/mol. The van der Waals surface area contributed by atoms with E-state index in [1.807, 2.05) is 0 Å². The van der Waals surface area contributed by atoms with Gasteiger partial charge in [0.15, 0.2) is 0 Å². The van der Waals surface area contributed by atoms with E-state index in [0.29, 0.717) is 27.3 Å². The molecule has 1 rings (SSSR count). The molecule has 1 aromatic rings. The summed E-state index contributed by atoms with van der Waals surface area (Å²) in [6, 6.07) is 0. The smallest absolute Gasteiger partial charge is 0.137 e. The fourth-order valence-electron chi connectivity index (χ4n) is 0.691. The first kappa shape index (κ1) is 9.64. The Balaban J connectivity index is 3.04. The zero-order chi connectivity index (χ0) is 9.14. The summed E-state index contributed by atoms with van der Waals surface area (Å²) >= 11 is 16.1. The molecule has 0 atom stereocenters. The van der Waals surface area contributed by atoms with Crippen molar-refractivity contribution in [2.45, 2.75) is 6.42 Å². The lowest BCUT2D eigenvalue weighted by Crippen LogP contribution is -2.12. The predicted molar refractivity (Wildman–Crippen MR) is 52.5 cm³/mol. The van der Waals surface area contributed by atoms with Crippen molar-refractivity contribution >= 4 is 40.4 Å². The van der Waals surface area contributed by atoms with Gasteiger partial charge in [0.1, 0.15) is 16.6 Å². The molecule has 0 saturated carbocycles. The highest BCUT2D eigenvalue weighted by Gasteiger charge is 2.08. The standard InChI is InChI=1S/C6H5Cl2N3S/c7-5-3(1-4(9)12)6(8)11-2-10-5/h2H,1H2,(H2,9,12). The summed E-state index contributed by atoms with van der Waals surface area (Å²) in [6.07, 6.45) is 1.61. The minimum atomic E-state index is 0.294. The SMILES string of the molecule is NC(=S)Cc1c(Cl)ncnc1Cl. The summed E-state index contributed by atoms with van der Waals surface area (Å²) in [5, 5.41) is 0.589. The molecule has 2 N–H and O–H groups in total. The van der Waals surface area contributed by atoms with E-state index in [9.17, 15) is 0 Å². The lowest BCUT2D eigenvalue weighted by molar-refractivity contribution is 1.11. The van der Waals surface area contributed by atoms with E-state index in [-0.39, 0.29) is 0 Å². The number of hydrogen-bond acceptors (Lipinski definition) is 3. The van der Waals surface area contributed by atoms with Gasteiger partial charge in [-0.1, -0.05) is 35.4 Å². The van der Waals surface area contributed by atoms with E-state index in [1.165, 1.54) is 6.33 Å². The second kappa shape index (κ2) is 3.98. The van der Waals surface area contributed by atoms with Crippen molar-refractivity contribution in [2.75, 3.05) is 0 Å². The van der Waals surface area contributed by atoms with Gasteiger partial charge in [0, 0.05) is 12.0 Å². The Hall–Kier alpha value is -0.450. The van der Waals surface area contributed by atoms with Crippen LogP contribution in [0.2, 0.25) is 10.3 Å². The van der Waals surface area contributed by atoms with E-state index >= 15 is 0 Å². The summed E-state index contributed by atoms with van der Waals surface area (Å²) in [5.41, 5.74) is 5.90. The third kappa shape index (κ3) is 2.27. The number of nitrogens with zero attached hydrogens (tertiary/aromatic N) is 2. The highest BCUT2D eigenvalue weighted by Crippen LogP contribution is 2.19. The van der Waals surface area contributed by atoms with E-state index in [4.69, 9.17) is 41.2 Å². The van der Waals surface area contributed by atoms with Crippen LogP contribution in [0.3, 0.4) is 0 Å². The average Bonchev–Trinajstić information content (AvgIpc) is 1.97. The molecule has 6 heteroatoms. The van der Waals surface area contributed by atoms with Gasteiger partial charge < -0.3 is 5.73 Å². The third-order valence-electron chi connectivity index (χ3n) is 1.19. The summed E-state index contributed by atoms with van der Waals surface area (Å²) in [6.45, 7) is 0. The van der Waals surface area contributed by atoms with Gasteiger partial charge in [-0.25, -0.2) is 9.97 Å². The number of halogens is 2. The molecule has 0 saturated heterocycles. The molecule has 0 amide bonds. The van der Waals surface area contributed by atoms with Gasteiger partial charge in [-0.2, -0.15) is 0 Å². The Morgan fingerprint density at radius 3 is 2.33 bits per heavy atom. The molecule has 0 aromatic carbocycles. The quantitative estimate of drug-likeness (QED) is 0.610. The predicted octanol–water partition coefficient (Wildman–Crippen LogP) is 1.61. The number of hydrogen-bond donors (Lipinski definition) is 1. The number of nitrogens with two attached hydrogens (primary N) is 1. The van der Waals surface area contributed by atoms with Gasteiger partial charge in [0.05, 0.1) is 4.99 Å². The first-order valence-electron chi connectivity index (χ1n) is 3.04. The zero-order valence-electron chi connectivity index (χ0n) is 5.92. The summed E-state index contributed by atoms with van der Waals surface area (Å²) in [4.78, 5) is 7.81. The van der Waals surface area contributed by atoms with Crippen molar-refractivity contribution in [1.29, 1.82) is 0 Å². The molecule has 0 fully saturated rings. The van der Waals surface area contributed by atoms with Crippen molar-refractivity contribution in [3.05, 3.63) is 22.2 Å². The van der Waals surface area contributed by atoms with E-state index in [0.717, 1.165) is 0 Å². The zero-order valence-corrected chi connectivity index (χ0v) is 8.25. The second-order valence-corrected chi connectivity index (χ2v) is 3.32. The van der Waals surface area contributed by atoms with E-state index in [2.05, 4.69) is 9.97 Å². The number of rotatable bonds is 2. The van der Waals surface area contributed by atoms with Crippen LogP contribution in [0.15, 0.2) is 6.33 Å². The molecule has 1 heterocycles. The molecule has 0 bridgehead atoms. The average molecular weight is 222 g/mol. The highest BCUT2D eigenvalue weighted by molar-refractivity contribution is 7.80. The Labute approximate surface area is 84.9 Å². The van der Waals surface area contributed by atoms with Crippen LogP contribution in [0.4, 0.5) is 0 Å². The van der Waals surface area contributed by atoms with Crippen molar-refractivity contribution in [1.82, 2.24) is 9.97 Å². The van der Waals surface area contributed by atoms with Crippen molar-refractivity contribution in [2.24, 2.45) is 5.73 Å². The van der Waals surface area contributed by atoms with Crippen molar-refractivity contribution < 1.29 is 0 Å². The van der Waals surface area contributed by atoms with E-state index in [1.54, 1.807) is 0 Å². The van der Waals surface area contributed by atoms with Crippen molar-refractivity contribution in [3.8, 4) is 0 Å². The number of aromatic nitrogens is 2. The maximum Gasteiger partial charge on any atom is 0.137 e. The van der Waals surface area contributed by atoms with Gasteiger partial charge in [-0.3, -0.25) is 0 Å². The molecule has 1 aromatic heterocycles. The largest absolute Gasteiger partial charge is 0.393 e. The Kier molecular flexibility index (Phi) is 3.20. The molecule has 64 valence electrons. The lowest BCUT2D eigenvalue weighted by Gasteiger charge is -2.02. The molecule has 3 nitrogen and oxygen atoms in total. The fraction of sp³-hybridized carbons (Fsp3) is 0.167. The van der Waals surface area contributed by atoms with Crippen LogP contribution >= 0.6 is 35.4 Å². The summed E-state index contributed by atoms with van der Waals surface area (Å²) in [5.74, 6) is 0. The maximum absolute atomic E-state index is 5.72. The molecular formula is C6H5Cl2N3S. The Bertz CT molecular complexity index is 295. The van der Waals surface area contributed by atoms with Crippen LogP contribution in [0.1, 0.15) is 5.56 Å². The van der Waals surface area contributed by atoms with E-state index < -0.39 is 0 Å². The van der Waals surface area contributed by atoms with Crippen LogP contribution in [0.5, 0.6) is 0 Å². The molecule has 0 radical (unpaired) electrons. The molecular weight excluding hydrogens is 217 g/mol. The van der Waals surface area contributed by atoms with Crippen LogP contribution in [-0.2, 0) is 6.42 Å². The van der Waals surface area contributed by atoms with Gasteiger partial charge in [-0.05, 0) is 0 Å². The minimum absolute atomic E-state index is 0.294. The van der Waals surface area contributed by atoms with Gasteiger partial charge >= 0.3 is 0 Å². The molecule has 0 spiro atoms. The second-order valence-electron chi connectivity index (χ2n) is 2.08. The third-order valence-corrected chi connectivity index (χ3v) is 1.99. The number of thiocarbonyl (C=S) groups is 1. The van der Waals surface area contributed by atoms with Gasteiger partial charge in [0.2, 0.25) is 0 Å². The summed E-state index contributed by atoms with van der Waals surface area (Å²) in [7, 11) is 0. The van der Waals surface area contributed by atoms with Crippen LogP contribution in [0, 0.1) is 0 Å².